The number of hydrogen-bond acceptors (Lipinski definition) is 4. The van der Waals surface area contributed by atoms with Crippen molar-refractivity contribution >= 4 is 0 Å². The van der Waals surface area contributed by atoms with Gasteiger partial charge in [0, 0.05) is 24.0 Å². The standard InChI is InChI=1S/C18H19F5O4/c19-14-5-13(6-15(20)16(14)21)27-17(22,23)11-1-3-12(4-2-11)18-24-7-10(8-25-18)9-26-18/h5-6,10-12H,1-4,7-9H2. The molecule has 150 valence electrons. The molecule has 1 aromatic rings. The number of hydrogen-bond donors (Lipinski definition) is 0. The van der Waals surface area contributed by atoms with Crippen LogP contribution in [0.4, 0.5) is 22.0 Å². The summed E-state index contributed by atoms with van der Waals surface area (Å²) in [6.07, 6.45) is -2.69. The predicted octanol–water partition coefficient (Wildman–Crippen LogP) is 4.23. The maximum absolute atomic E-state index is 14.5. The minimum atomic E-state index is -3.65. The second-order valence-electron chi connectivity index (χ2n) is 7.32. The van der Waals surface area contributed by atoms with Crippen LogP contribution in [0.5, 0.6) is 5.75 Å². The van der Waals surface area contributed by atoms with Gasteiger partial charge in [-0.05, 0) is 25.7 Å². The zero-order chi connectivity index (χ0) is 19.2. The van der Waals surface area contributed by atoms with E-state index in [0.717, 1.165) is 0 Å². The minimum Gasteiger partial charge on any atom is -0.432 e. The number of rotatable bonds is 4. The van der Waals surface area contributed by atoms with Gasteiger partial charge >= 0.3 is 6.11 Å². The monoisotopic (exact) mass is 394 g/mol. The third-order valence-electron chi connectivity index (χ3n) is 5.47. The predicted molar refractivity (Wildman–Crippen MR) is 81.4 cm³/mol. The number of fused-ring (bicyclic) bond motifs is 3. The fourth-order valence-electron chi connectivity index (χ4n) is 3.94. The SMILES string of the molecule is Fc1cc(OC(F)(F)C2CCC(C34OCC(CO3)CO4)CC2)cc(F)c1F. The molecule has 27 heavy (non-hydrogen) atoms. The molecule has 2 bridgehead atoms. The molecule has 5 rings (SSSR count). The van der Waals surface area contributed by atoms with Crippen LogP contribution in [0, 0.1) is 35.2 Å². The lowest BCUT2D eigenvalue weighted by molar-refractivity contribution is -0.470. The molecule has 0 N–H and O–H groups in total. The molecule has 1 saturated carbocycles. The maximum Gasteiger partial charge on any atom is 0.400 e. The van der Waals surface area contributed by atoms with Crippen molar-refractivity contribution in [2.75, 3.05) is 19.8 Å². The molecule has 9 heteroatoms. The van der Waals surface area contributed by atoms with Gasteiger partial charge < -0.3 is 18.9 Å². The van der Waals surface area contributed by atoms with Crippen molar-refractivity contribution in [3.63, 3.8) is 0 Å². The van der Waals surface area contributed by atoms with E-state index < -0.39 is 41.2 Å². The third-order valence-corrected chi connectivity index (χ3v) is 5.47. The van der Waals surface area contributed by atoms with E-state index in [9.17, 15) is 22.0 Å². The summed E-state index contributed by atoms with van der Waals surface area (Å²) in [5.41, 5.74) is 0. The Morgan fingerprint density at radius 2 is 1.41 bits per heavy atom. The van der Waals surface area contributed by atoms with Crippen LogP contribution in [-0.4, -0.2) is 31.9 Å². The summed E-state index contributed by atoms with van der Waals surface area (Å²) >= 11 is 0. The zero-order valence-electron chi connectivity index (χ0n) is 14.4. The first-order valence-corrected chi connectivity index (χ1v) is 8.92. The number of alkyl halides is 2. The molecule has 4 aliphatic rings. The van der Waals surface area contributed by atoms with Crippen molar-refractivity contribution in [3.8, 4) is 5.75 Å². The summed E-state index contributed by atoms with van der Waals surface area (Å²) in [7, 11) is 0. The van der Waals surface area contributed by atoms with Crippen LogP contribution in [0.15, 0.2) is 12.1 Å². The highest BCUT2D eigenvalue weighted by Gasteiger charge is 2.53. The molecule has 1 aromatic carbocycles. The molecule has 1 aliphatic carbocycles. The van der Waals surface area contributed by atoms with E-state index in [0.29, 0.717) is 44.8 Å². The minimum absolute atomic E-state index is 0.102. The van der Waals surface area contributed by atoms with Gasteiger partial charge in [0.1, 0.15) is 5.75 Å². The molecule has 4 fully saturated rings. The van der Waals surface area contributed by atoms with Crippen molar-refractivity contribution in [1.82, 2.24) is 0 Å². The highest BCUT2D eigenvalue weighted by atomic mass is 19.3. The first kappa shape index (κ1) is 18.9. The number of halogens is 5. The number of benzene rings is 1. The van der Waals surface area contributed by atoms with E-state index in [4.69, 9.17) is 14.2 Å². The van der Waals surface area contributed by atoms with Crippen molar-refractivity contribution < 1.29 is 40.9 Å². The lowest BCUT2D eigenvalue weighted by Crippen LogP contribution is -2.58. The second-order valence-corrected chi connectivity index (χ2v) is 7.32. The van der Waals surface area contributed by atoms with Crippen molar-refractivity contribution in [2.45, 2.75) is 37.8 Å². The molecule has 0 amide bonds. The van der Waals surface area contributed by atoms with Crippen LogP contribution >= 0.6 is 0 Å². The Hall–Kier alpha value is -1.45. The smallest absolute Gasteiger partial charge is 0.400 e. The molecule has 0 unspecified atom stereocenters. The molecular weight excluding hydrogens is 375 g/mol. The Kier molecular flexibility index (Phi) is 4.80. The molecule has 0 spiro atoms. The van der Waals surface area contributed by atoms with Crippen LogP contribution < -0.4 is 4.74 Å². The molecule has 3 aliphatic heterocycles. The summed E-state index contributed by atoms with van der Waals surface area (Å²) in [4.78, 5) is 0. The van der Waals surface area contributed by atoms with Gasteiger partial charge in [0.15, 0.2) is 17.5 Å². The highest BCUT2D eigenvalue weighted by Crippen LogP contribution is 2.47. The van der Waals surface area contributed by atoms with Crippen LogP contribution in [0.25, 0.3) is 0 Å². The molecule has 3 saturated heterocycles. The van der Waals surface area contributed by atoms with Crippen molar-refractivity contribution in [3.05, 3.63) is 29.6 Å². The Bertz CT molecular complexity index is 660. The zero-order valence-corrected chi connectivity index (χ0v) is 14.4. The van der Waals surface area contributed by atoms with Gasteiger partial charge in [-0.1, -0.05) is 0 Å². The van der Waals surface area contributed by atoms with E-state index in [-0.39, 0.29) is 24.7 Å². The van der Waals surface area contributed by atoms with Gasteiger partial charge in [-0.2, -0.15) is 8.78 Å². The van der Waals surface area contributed by atoms with Crippen LogP contribution in [0.2, 0.25) is 0 Å². The Balaban J connectivity index is 1.39. The Morgan fingerprint density at radius 3 is 1.93 bits per heavy atom. The first-order valence-electron chi connectivity index (χ1n) is 8.92. The summed E-state index contributed by atoms with van der Waals surface area (Å²) in [6.45, 7) is 1.59. The van der Waals surface area contributed by atoms with Crippen molar-refractivity contribution in [1.29, 1.82) is 0 Å². The Labute approximate surface area is 152 Å². The normalized spacial score (nSPS) is 33.9. The maximum atomic E-state index is 14.5. The molecule has 3 heterocycles. The molecule has 4 nitrogen and oxygen atoms in total. The summed E-state index contributed by atoms with van der Waals surface area (Å²) in [6, 6.07) is 0.819. The molecular formula is C18H19F5O4. The average molecular weight is 394 g/mol. The third kappa shape index (κ3) is 3.52. The second kappa shape index (κ2) is 6.86. The van der Waals surface area contributed by atoms with Gasteiger partial charge in [0.05, 0.1) is 25.7 Å². The molecule has 0 radical (unpaired) electrons. The fraction of sp³-hybridized carbons (Fsp3) is 0.667. The van der Waals surface area contributed by atoms with Gasteiger partial charge in [-0.15, -0.1) is 0 Å². The fourth-order valence-corrected chi connectivity index (χ4v) is 3.94. The lowest BCUT2D eigenvalue weighted by Gasteiger charge is -2.50. The van der Waals surface area contributed by atoms with E-state index >= 15 is 0 Å². The van der Waals surface area contributed by atoms with Gasteiger partial charge in [0.25, 0.3) is 5.97 Å². The van der Waals surface area contributed by atoms with Gasteiger partial charge in [0.2, 0.25) is 0 Å². The first-order chi connectivity index (χ1) is 12.8. The van der Waals surface area contributed by atoms with Crippen molar-refractivity contribution in [2.24, 2.45) is 17.8 Å². The molecule has 0 atom stereocenters. The summed E-state index contributed by atoms with van der Waals surface area (Å²) in [5.74, 6) is -7.92. The van der Waals surface area contributed by atoms with Crippen LogP contribution in [0.1, 0.15) is 25.7 Å². The van der Waals surface area contributed by atoms with Crippen LogP contribution in [0.3, 0.4) is 0 Å². The Morgan fingerprint density at radius 1 is 0.889 bits per heavy atom. The lowest BCUT2D eigenvalue weighted by atomic mass is 9.79. The summed E-state index contributed by atoms with van der Waals surface area (Å²) in [5, 5.41) is 0. The largest absolute Gasteiger partial charge is 0.432 e. The molecule has 0 aromatic heterocycles. The van der Waals surface area contributed by atoms with E-state index in [2.05, 4.69) is 4.74 Å². The van der Waals surface area contributed by atoms with Crippen LogP contribution in [-0.2, 0) is 14.2 Å². The quantitative estimate of drug-likeness (QED) is 0.566. The average Bonchev–Trinajstić information content (AvgIpc) is 2.67. The summed E-state index contributed by atoms with van der Waals surface area (Å²) < 4.78 is 89.9. The highest BCUT2D eigenvalue weighted by molar-refractivity contribution is 5.25. The van der Waals surface area contributed by atoms with Gasteiger partial charge in [-0.25, -0.2) is 13.2 Å². The number of ether oxygens (including phenoxy) is 4. The van der Waals surface area contributed by atoms with E-state index in [1.807, 2.05) is 0 Å². The van der Waals surface area contributed by atoms with Gasteiger partial charge in [-0.3, -0.25) is 0 Å². The topological polar surface area (TPSA) is 36.9 Å². The van der Waals surface area contributed by atoms with E-state index in [1.54, 1.807) is 0 Å². The van der Waals surface area contributed by atoms with E-state index in [1.165, 1.54) is 0 Å².